The van der Waals surface area contributed by atoms with E-state index in [0.29, 0.717) is 0 Å². The smallest absolute Gasteiger partial charge is 0.265 e. The molecular formula is C19H33NO2P+. The number of ether oxygens (including phenoxy) is 1. The van der Waals surface area contributed by atoms with Gasteiger partial charge >= 0.3 is 0 Å². The summed E-state index contributed by atoms with van der Waals surface area (Å²) in [5, 5.41) is 3.22. The van der Waals surface area contributed by atoms with E-state index in [0.717, 1.165) is 47.7 Å². The molecule has 0 heterocycles. The fraction of sp³-hybridized carbons (Fsp3) is 0.632. The molecule has 0 saturated heterocycles. The van der Waals surface area contributed by atoms with Crippen LogP contribution < -0.4 is 10.1 Å². The summed E-state index contributed by atoms with van der Waals surface area (Å²) < 4.78 is 5.30. The molecule has 0 bridgehead atoms. The molecule has 4 heteroatoms. The Morgan fingerprint density at radius 2 is 1.70 bits per heavy atom. The molecule has 3 nitrogen and oxygen atoms in total. The van der Waals surface area contributed by atoms with Crippen LogP contribution in [0.5, 0.6) is 5.75 Å². The largest absolute Gasteiger partial charge is 0.497 e. The Kier molecular flexibility index (Phi) is 7.54. The molecule has 1 aromatic rings. The molecule has 1 rings (SSSR count). The number of anilines is 1. The highest BCUT2D eigenvalue weighted by Crippen LogP contribution is 2.60. The normalized spacial score (nSPS) is 12.8. The maximum Gasteiger partial charge on any atom is 0.265 e. The van der Waals surface area contributed by atoms with E-state index in [1.807, 2.05) is 26.0 Å². The van der Waals surface area contributed by atoms with Crippen LogP contribution in [0.4, 0.5) is 5.69 Å². The lowest BCUT2D eigenvalue weighted by molar-refractivity contribution is -0.116. The molecule has 0 aliphatic carbocycles. The number of carbonyl (C=O) groups excluding carboxylic acids is 1. The number of methoxy groups -OCH3 is 1. The fourth-order valence-electron chi connectivity index (χ4n) is 3.11. The first-order chi connectivity index (χ1) is 10.8. The van der Waals surface area contributed by atoms with E-state index in [-0.39, 0.29) is 11.6 Å². The van der Waals surface area contributed by atoms with Crippen LogP contribution in [0.15, 0.2) is 12.1 Å². The Bertz CT molecular complexity index is 515. The molecule has 0 saturated carbocycles. The molecule has 0 aliphatic rings. The molecule has 23 heavy (non-hydrogen) atoms. The zero-order valence-corrected chi connectivity index (χ0v) is 16.7. The lowest BCUT2D eigenvalue weighted by atomic mass is 10.1. The summed E-state index contributed by atoms with van der Waals surface area (Å²) >= 11 is 0. The van der Waals surface area contributed by atoms with Crippen LogP contribution in [0.1, 0.15) is 44.7 Å². The van der Waals surface area contributed by atoms with Gasteiger partial charge < -0.3 is 10.1 Å². The zero-order valence-electron chi connectivity index (χ0n) is 15.8. The van der Waals surface area contributed by atoms with Crippen LogP contribution in [0, 0.1) is 13.8 Å². The van der Waals surface area contributed by atoms with Crippen molar-refractivity contribution in [1.29, 1.82) is 0 Å². The summed E-state index contributed by atoms with van der Waals surface area (Å²) in [4.78, 5) is 13.0. The summed E-state index contributed by atoms with van der Waals surface area (Å²) in [6.45, 7) is 13.0. The van der Waals surface area contributed by atoms with Crippen LogP contribution in [0.25, 0.3) is 0 Å². The van der Waals surface area contributed by atoms with Crippen LogP contribution in [0.2, 0.25) is 0 Å². The van der Waals surface area contributed by atoms with Gasteiger partial charge in [0.15, 0.2) is 0 Å². The molecule has 1 atom stereocenters. The van der Waals surface area contributed by atoms with Crippen molar-refractivity contribution >= 4 is 18.9 Å². The van der Waals surface area contributed by atoms with Gasteiger partial charge in [-0.25, -0.2) is 0 Å². The van der Waals surface area contributed by atoms with Crippen molar-refractivity contribution in [2.24, 2.45) is 0 Å². The minimum Gasteiger partial charge on any atom is -0.497 e. The molecule has 0 aliphatic heterocycles. The van der Waals surface area contributed by atoms with E-state index in [1.54, 1.807) is 7.11 Å². The van der Waals surface area contributed by atoms with Crippen molar-refractivity contribution in [3.05, 3.63) is 23.3 Å². The van der Waals surface area contributed by atoms with Gasteiger partial charge in [-0.3, -0.25) is 4.79 Å². The van der Waals surface area contributed by atoms with Gasteiger partial charge in [0, 0.05) is 19.6 Å². The molecule has 1 unspecified atom stereocenters. The van der Waals surface area contributed by atoms with Crippen LogP contribution in [-0.2, 0) is 4.79 Å². The average molecular weight is 338 g/mol. The van der Waals surface area contributed by atoms with E-state index in [4.69, 9.17) is 4.74 Å². The number of nitrogens with one attached hydrogen (secondary N) is 1. The Labute approximate surface area is 142 Å². The van der Waals surface area contributed by atoms with Crippen LogP contribution >= 0.6 is 7.26 Å². The summed E-state index contributed by atoms with van der Waals surface area (Å²) in [5.41, 5.74) is 3.20. The lowest BCUT2D eigenvalue weighted by Crippen LogP contribution is -2.32. The number of aryl methyl sites for hydroxylation is 2. The molecule has 1 amide bonds. The first kappa shape index (κ1) is 20.0. The molecule has 0 aromatic heterocycles. The summed E-state index contributed by atoms with van der Waals surface area (Å²) in [7, 11) is 0.436. The highest BCUT2D eigenvalue weighted by molar-refractivity contribution is 7.76. The van der Waals surface area contributed by atoms with E-state index in [9.17, 15) is 4.79 Å². The van der Waals surface area contributed by atoms with E-state index < -0.39 is 7.26 Å². The van der Waals surface area contributed by atoms with Gasteiger partial charge in [0.1, 0.15) is 11.4 Å². The van der Waals surface area contributed by atoms with Gasteiger partial charge in [-0.05, 0) is 57.4 Å². The molecule has 0 spiro atoms. The van der Waals surface area contributed by atoms with Crippen molar-refractivity contribution < 1.29 is 9.53 Å². The Morgan fingerprint density at radius 1 is 1.17 bits per heavy atom. The third kappa shape index (κ3) is 4.70. The number of amides is 1. The van der Waals surface area contributed by atoms with Gasteiger partial charge in [-0.15, -0.1) is 0 Å². The Morgan fingerprint density at radius 3 is 2.09 bits per heavy atom. The summed E-state index contributed by atoms with van der Waals surface area (Å²) in [5.74, 6) is 1.03. The highest BCUT2D eigenvalue weighted by atomic mass is 31.2. The lowest BCUT2D eigenvalue weighted by Gasteiger charge is -2.29. The topological polar surface area (TPSA) is 38.3 Å². The van der Waals surface area contributed by atoms with Crippen LogP contribution in [0.3, 0.4) is 0 Å². The zero-order chi connectivity index (χ0) is 17.6. The van der Waals surface area contributed by atoms with Gasteiger partial charge in [0.25, 0.3) is 5.91 Å². The van der Waals surface area contributed by atoms with E-state index in [2.05, 4.69) is 32.8 Å². The fourth-order valence-corrected chi connectivity index (χ4v) is 5.95. The number of hydrogen-bond donors (Lipinski definition) is 1. The third-order valence-corrected chi connectivity index (χ3v) is 9.94. The minimum atomic E-state index is -1.23. The van der Waals surface area contributed by atoms with E-state index in [1.165, 1.54) is 0 Å². The molecule has 0 radical (unpaired) electrons. The maximum absolute atomic E-state index is 13.0. The summed E-state index contributed by atoms with van der Waals surface area (Å²) in [6.07, 6.45) is 4.28. The monoisotopic (exact) mass is 338 g/mol. The number of rotatable bonds is 8. The number of hydrogen-bond acceptors (Lipinski definition) is 2. The van der Waals surface area contributed by atoms with Crippen molar-refractivity contribution in [2.45, 2.75) is 53.1 Å². The first-order valence-corrected chi connectivity index (χ1v) is 11.3. The van der Waals surface area contributed by atoms with Gasteiger partial charge in [-0.2, -0.15) is 0 Å². The number of benzene rings is 1. The number of carbonyl (C=O) groups is 1. The molecular weight excluding hydrogens is 305 g/mol. The minimum absolute atomic E-state index is 0.156. The Balaban J connectivity index is 3.09. The molecule has 0 fully saturated rings. The molecule has 130 valence electrons. The van der Waals surface area contributed by atoms with Gasteiger partial charge in [0.05, 0.1) is 19.4 Å². The second kappa shape index (κ2) is 8.68. The van der Waals surface area contributed by atoms with Crippen molar-refractivity contribution in [3.63, 3.8) is 0 Å². The average Bonchev–Trinajstić information content (AvgIpc) is 2.54. The summed E-state index contributed by atoms with van der Waals surface area (Å²) in [6, 6.07) is 3.96. The SMILES string of the molecule is CCCC(C(=O)Nc1c(C)cc(OC)cc1C)[P+](C)(CC)CC. The van der Waals surface area contributed by atoms with Crippen LogP contribution in [-0.4, -0.2) is 37.7 Å². The second-order valence-corrected chi connectivity index (χ2v) is 11.4. The van der Waals surface area contributed by atoms with Gasteiger partial charge in [0.2, 0.25) is 0 Å². The standard InChI is InChI=1S/C19H32NO2P/c1-8-11-17(23(7,9-2)10-3)19(21)20-18-14(4)12-16(22-6)13-15(18)5/h12-13,17H,8-11H2,1-7H3/p+1. The van der Waals surface area contributed by atoms with Gasteiger partial charge in [-0.1, -0.05) is 13.3 Å². The van der Waals surface area contributed by atoms with Crippen molar-refractivity contribution in [1.82, 2.24) is 0 Å². The predicted octanol–water partition coefficient (Wildman–Crippen LogP) is 5.11. The molecule has 1 N–H and O–H groups in total. The highest BCUT2D eigenvalue weighted by Gasteiger charge is 2.42. The second-order valence-electron chi connectivity index (χ2n) is 6.54. The van der Waals surface area contributed by atoms with E-state index >= 15 is 0 Å². The first-order valence-electron chi connectivity index (χ1n) is 8.63. The van der Waals surface area contributed by atoms with Crippen molar-refractivity contribution in [2.75, 3.05) is 31.4 Å². The van der Waals surface area contributed by atoms with Crippen molar-refractivity contribution in [3.8, 4) is 5.75 Å². The molecule has 1 aromatic carbocycles. The maximum atomic E-state index is 13.0. The quantitative estimate of drug-likeness (QED) is 0.669. The predicted molar refractivity (Wildman–Crippen MR) is 104 cm³/mol. The third-order valence-electron chi connectivity index (χ3n) is 5.05. The Hall–Kier alpha value is -1.08.